The summed E-state index contributed by atoms with van der Waals surface area (Å²) in [6, 6.07) is 8.45. The van der Waals surface area contributed by atoms with Crippen LogP contribution in [0.15, 0.2) is 35.1 Å². The topological polar surface area (TPSA) is 108 Å². The van der Waals surface area contributed by atoms with Crippen molar-refractivity contribution >= 4 is 17.4 Å². The number of carbonyl (C=O) groups excluding carboxylic acids is 2. The van der Waals surface area contributed by atoms with Gasteiger partial charge in [0.2, 0.25) is 0 Å². The van der Waals surface area contributed by atoms with Gasteiger partial charge >= 0.3 is 0 Å². The number of ketones is 1. The molecule has 0 aliphatic rings. The minimum Gasteiger partial charge on any atom is -0.354 e. The second-order valence-electron chi connectivity index (χ2n) is 6.45. The summed E-state index contributed by atoms with van der Waals surface area (Å²) in [4.78, 5) is 46.1. The van der Waals surface area contributed by atoms with Gasteiger partial charge in [-0.15, -0.1) is 0 Å². The quantitative estimate of drug-likeness (QED) is 0.618. The molecule has 0 fully saturated rings. The van der Waals surface area contributed by atoms with Crippen molar-refractivity contribution in [2.24, 2.45) is 0 Å². The van der Waals surface area contributed by atoms with Crippen molar-refractivity contribution in [3.05, 3.63) is 68.9 Å². The van der Waals surface area contributed by atoms with Crippen LogP contribution < -0.4 is 10.9 Å². The molecule has 0 radical (unpaired) electrons. The summed E-state index contributed by atoms with van der Waals surface area (Å²) < 4.78 is 0. The molecule has 2 aromatic heterocycles. The van der Waals surface area contributed by atoms with Crippen LogP contribution in [0.2, 0.25) is 0 Å². The first-order chi connectivity index (χ1) is 12.8. The van der Waals surface area contributed by atoms with Gasteiger partial charge in [-0.2, -0.15) is 0 Å². The van der Waals surface area contributed by atoms with Gasteiger partial charge in [0, 0.05) is 34.3 Å². The first-order valence-corrected chi connectivity index (χ1v) is 8.46. The Morgan fingerprint density at radius 3 is 2.44 bits per heavy atom. The highest BCUT2D eigenvalue weighted by Crippen LogP contribution is 2.22. The summed E-state index contributed by atoms with van der Waals surface area (Å²) >= 11 is 0. The van der Waals surface area contributed by atoms with Gasteiger partial charge in [0.25, 0.3) is 11.5 Å². The third kappa shape index (κ3) is 3.72. The van der Waals surface area contributed by atoms with Crippen LogP contribution >= 0.6 is 0 Å². The van der Waals surface area contributed by atoms with E-state index in [1.54, 1.807) is 45.0 Å². The second kappa shape index (κ2) is 7.03. The van der Waals surface area contributed by atoms with E-state index in [0.29, 0.717) is 45.3 Å². The smallest absolute Gasteiger partial charge is 0.272 e. The fourth-order valence-corrected chi connectivity index (χ4v) is 3.16. The first kappa shape index (κ1) is 18.3. The van der Waals surface area contributed by atoms with Gasteiger partial charge in [0.15, 0.2) is 5.78 Å². The number of hydrogen-bond donors (Lipinski definition) is 3. The molecule has 0 atom stereocenters. The SMILES string of the molecule is CC(=O)c1c(C)[nH]c(C(=O)Nc2cccc(-c3nc(C)cc(=O)[nH]3)c2)c1C. The average Bonchev–Trinajstić information content (AvgIpc) is 2.89. The minimum absolute atomic E-state index is 0.0863. The zero-order valence-corrected chi connectivity index (χ0v) is 15.6. The van der Waals surface area contributed by atoms with Gasteiger partial charge in [0.05, 0.1) is 0 Å². The molecule has 7 nitrogen and oxygen atoms in total. The molecule has 1 aromatic carbocycles. The molecule has 7 heteroatoms. The van der Waals surface area contributed by atoms with E-state index in [1.807, 2.05) is 0 Å². The van der Waals surface area contributed by atoms with E-state index >= 15 is 0 Å². The van der Waals surface area contributed by atoms with E-state index in [-0.39, 0.29) is 17.2 Å². The van der Waals surface area contributed by atoms with E-state index in [1.165, 1.54) is 13.0 Å². The Morgan fingerprint density at radius 1 is 1.07 bits per heavy atom. The average molecular weight is 364 g/mol. The van der Waals surface area contributed by atoms with Crippen molar-refractivity contribution in [1.82, 2.24) is 15.0 Å². The maximum absolute atomic E-state index is 12.7. The molecule has 2 heterocycles. The molecule has 1 amide bonds. The fraction of sp³-hybridized carbons (Fsp3) is 0.200. The van der Waals surface area contributed by atoms with Gasteiger partial charge in [-0.1, -0.05) is 12.1 Å². The van der Waals surface area contributed by atoms with E-state index in [9.17, 15) is 14.4 Å². The number of rotatable bonds is 4. The number of anilines is 1. The summed E-state index contributed by atoms with van der Waals surface area (Å²) in [6.45, 7) is 6.73. The molecule has 0 aliphatic heterocycles. The molecule has 3 rings (SSSR count). The van der Waals surface area contributed by atoms with Crippen molar-refractivity contribution in [3.63, 3.8) is 0 Å². The second-order valence-corrected chi connectivity index (χ2v) is 6.45. The van der Waals surface area contributed by atoms with E-state index in [0.717, 1.165) is 0 Å². The molecule has 27 heavy (non-hydrogen) atoms. The lowest BCUT2D eigenvalue weighted by Gasteiger charge is -2.08. The molecular formula is C20H20N4O3. The predicted octanol–water partition coefficient (Wildman–Crippen LogP) is 3.15. The highest BCUT2D eigenvalue weighted by Gasteiger charge is 2.20. The zero-order chi connectivity index (χ0) is 19.7. The molecule has 0 aliphatic carbocycles. The van der Waals surface area contributed by atoms with Crippen molar-refractivity contribution in [2.75, 3.05) is 5.32 Å². The summed E-state index contributed by atoms with van der Waals surface area (Å²) in [5.74, 6) is 0.00424. The van der Waals surface area contributed by atoms with Gasteiger partial charge in [-0.05, 0) is 45.4 Å². The highest BCUT2D eigenvalue weighted by molar-refractivity contribution is 6.07. The fourth-order valence-electron chi connectivity index (χ4n) is 3.16. The molecule has 0 saturated carbocycles. The lowest BCUT2D eigenvalue weighted by molar-refractivity contribution is 0.101. The van der Waals surface area contributed by atoms with Crippen molar-refractivity contribution in [2.45, 2.75) is 27.7 Å². The summed E-state index contributed by atoms with van der Waals surface area (Å²) in [7, 11) is 0. The van der Waals surface area contributed by atoms with E-state index in [4.69, 9.17) is 0 Å². The van der Waals surface area contributed by atoms with E-state index in [2.05, 4.69) is 20.3 Å². The van der Waals surface area contributed by atoms with Crippen LogP contribution in [0.25, 0.3) is 11.4 Å². The predicted molar refractivity (Wildman–Crippen MR) is 103 cm³/mol. The Morgan fingerprint density at radius 2 is 1.81 bits per heavy atom. The number of benzene rings is 1. The van der Waals surface area contributed by atoms with Crippen LogP contribution in [0.4, 0.5) is 5.69 Å². The number of amides is 1. The normalized spacial score (nSPS) is 10.7. The number of aromatic nitrogens is 3. The molecule has 138 valence electrons. The number of nitrogens with one attached hydrogen (secondary N) is 3. The number of H-pyrrole nitrogens is 2. The Hall–Kier alpha value is -3.48. The minimum atomic E-state index is -0.342. The summed E-state index contributed by atoms with van der Waals surface area (Å²) in [5.41, 5.74) is 3.79. The van der Waals surface area contributed by atoms with Crippen LogP contribution in [0.5, 0.6) is 0 Å². The third-order valence-electron chi connectivity index (χ3n) is 4.28. The Balaban J connectivity index is 1.91. The molecule has 0 unspecified atom stereocenters. The number of aryl methyl sites for hydroxylation is 2. The maximum Gasteiger partial charge on any atom is 0.272 e. The number of hydrogen-bond acceptors (Lipinski definition) is 4. The Labute approximate surface area is 155 Å². The largest absolute Gasteiger partial charge is 0.354 e. The van der Waals surface area contributed by atoms with Gasteiger partial charge in [-0.3, -0.25) is 14.4 Å². The van der Waals surface area contributed by atoms with Crippen molar-refractivity contribution in [3.8, 4) is 11.4 Å². The highest BCUT2D eigenvalue weighted by atomic mass is 16.2. The van der Waals surface area contributed by atoms with Gasteiger partial charge < -0.3 is 15.3 Å². The Kier molecular flexibility index (Phi) is 4.77. The molecular weight excluding hydrogens is 344 g/mol. The van der Waals surface area contributed by atoms with Gasteiger partial charge in [0.1, 0.15) is 11.5 Å². The summed E-state index contributed by atoms with van der Waals surface area (Å²) in [5, 5.41) is 2.82. The van der Waals surface area contributed by atoms with Crippen LogP contribution in [-0.2, 0) is 0 Å². The number of nitrogens with zero attached hydrogens (tertiary/aromatic N) is 1. The first-order valence-electron chi connectivity index (χ1n) is 8.46. The monoisotopic (exact) mass is 364 g/mol. The molecule has 3 aromatic rings. The molecule has 0 saturated heterocycles. The van der Waals surface area contributed by atoms with E-state index < -0.39 is 0 Å². The lowest BCUT2D eigenvalue weighted by Crippen LogP contribution is -2.14. The third-order valence-corrected chi connectivity index (χ3v) is 4.28. The zero-order valence-electron chi connectivity index (χ0n) is 15.6. The number of aromatic amines is 2. The number of carbonyl (C=O) groups is 2. The van der Waals surface area contributed by atoms with Crippen LogP contribution in [0, 0.1) is 20.8 Å². The molecule has 3 N–H and O–H groups in total. The van der Waals surface area contributed by atoms with Crippen molar-refractivity contribution in [1.29, 1.82) is 0 Å². The maximum atomic E-state index is 12.7. The Bertz CT molecular complexity index is 1110. The number of Topliss-reactive ketones (excluding diaryl/α,β-unsaturated/α-hetero) is 1. The molecule has 0 bridgehead atoms. The summed E-state index contributed by atoms with van der Waals surface area (Å²) in [6.07, 6.45) is 0. The van der Waals surface area contributed by atoms with Crippen LogP contribution in [0.1, 0.15) is 44.7 Å². The van der Waals surface area contributed by atoms with Crippen LogP contribution in [0.3, 0.4) is 0 Å². The molecule has 0 spiro atoms. The standard InChI is InChI=1S/C20H20N4O3/c1-10-8-16(26)24-19(21-10)14-6-5-7-15(9-14)23-20(27)18-11(2)17(13(4)25)12(3)22-18/h5-9,22H,1-4H3,(H,23,27)(H,21,24,26). The van der Waals surface area contributed by atoms with Crippen molar-refractivity contribution < 1.29 is 9.59 Å². The van der Waals surface area contributed by atoms with Crippen LogP contribution in [-0.4, -0.2) is 26.6 Å². The lowest BCUT2D eigenvalue weighted by atomic mass is 10.1. The van der Waals surface area contributed by atoms with Gasteiger partial charge in [-0.25, -0.2) is 4.98 Å².